The second-order valence-electron chi connectivity index (χ2n) is 6.45. The van der Waals surface area contributed by atoms with Crippen molar-refractivity contribution in [3.63, 3.8) is 0 Å². The Morgan fingerprint density at radius 2 is 2.04 bits per heavy atom. The summed E-state index contributed by atoms with van der Waals surface area (Å²) in [7, 11) is 0. The van der Waals surface area contributed by atoms with Gasteiger partial charge >= 0.3 is 0 Å². The van der Waals surface area contributed by atoms with Crippen LogP contribution in [0.5, 0.6) is 0 Å². The van der Waals surface area contributed by atoms with Crippen LogP contribution in [0.15, 0.2) is 28.7 Å². The molecule has 1 saturated heterocycles. The predicted octanol–water partition coefficient (Wildman–Crippen LogP) is 3.51. The van der Waals surface area contributed by atoms with Gasteiger partial charge in [-0.25, -0.2) is 9.97 Å². The number of nitrogens with one attached hydrogen (secondary N) is 1. The largest absolute Gasteiger partial charge is 0.450 e. The third-order valence-corrected chi connectivity index (χ3v) is 4.63. The Kier molecular flexibility index (Phi) is 4.26. The Hall–Kier alpha value is -2.63. The molecular weight excluding hydrogens is 316 g/mol. The number of rotatable bonds is 5. The van der Waals surface area contributed by atoms with Crippen molar-refractivity contribution < 1.29 is 9.21 Å². The zero-order valence-corrected chi connectivity index (χ0v) is 14.4. The average Bonchev–Trinajstić information content (AvgIpc) is 3.29. The highest BCUT2D eigenvalue weighted by atomic mass is 16.3. The molecule has 3 heterocycles. The molecule has 1 amide bonds. The van der Waals surface area contributed by atoms with Crippen LogP contribution in [0.25, 0.3) is 22.1 Å². The van der Waals surface area contributed by atoms with Crippen LogP contribution in [0, 0.1) is 0 Å². The third kappa shape index (κ3) is 2.92. The van der Waals surface area contributed by atoms with Crippen LogP contribution in [-0.2, 0) is 0 Å². The highest BCUT2D eigenvalue weighted by Gasteiger charge is 2.24. The summed E-state index contributed by atoms with van der Waals surface area (Å²) in [5.74, 6) is 0.734. The molecule has 130 valence electrons. The number of fused-ring (bicyclic) bond motifs is 3. The molecule has 1 aromatic carbocycles. The summed E-state index contributed by atoms with van der Waals surface area (Å²) in [6.07, 6.45) is 4.24. The molecule has 0 atom stereocenters. The van der Waals surface area contributed by atoms with E-state index in [1.807, 2.05) is 24.3 Å². The fourth-order valence-electron chi connectivity index (χ4n) is 3.28. The van der Waals surface area contributed by atoms with Crippen LogP contribution in [0.2, 0.25) is 0 Å². The van der Waals surface area contributed by atoms with E-state index in [-0.39, 0.29) is 11.7 Å². The molecule has 0 saturated carbocycles. The number of benzene rings is 1. The topological polar surface area (TPSA) is 71.3 Å². The van der Waals surface area contributed by atoms with Gasteiger partial charge in [0.1, 0.15) is 11.1 Å². The molecular formula is C19H22N4O2. The normalized spacial score (nSPS) is 14.5. The SMILES string of the molecule is CCCCNC(=O)c1nc(N2CCCC2)c2oc3ccccc3c2n1. The van der Waals surface area contributed by atoms with Gasteiger partial charge in [-0.3, -0.25) is 4.79 Å². The first kappa shape index (κ1) is 15.9. The molecule has 6 nitrogen and oxygen atoms in total. The zero-order valence-electron chi connectivity index (χ0n) is 14.4. The van der Waals surface area contributed by atoms with Gasteiger partial charge in [0, 0.05) is 25.0 Å². The Labute approximate surface area is 146 Å². The van der Waals surface area contributed by atoms with Crippen molar-refractivity contribution in [2.75, 3.05) is 24.5 Å². The number of furan rings is 1. The predicted molar refractivity (Wildman–Crippen MR) is 98.0 cm³/mol. The van der Waals surface area contributed by atoms with Gasteiger partial charge in [0.2, 0.25) is 5.82 Å². The lowest BCUT2D eigenvalue weighted by molar-refractivity contribution is 0.0943. The molecule has 1 aliphatic rings. The first-order valence-corrected chi connectivity index (χ1v) is 9.00. The van der Waals surface area contributed by atoms with Crippen molar-refractivity contribution in [2.24, 2.45) is 0 Å². The molecule has 1 N–H and O–H groups in total. The molecule has 1 aliphatic heterocycles. The van der Waals surface area contributed by atoms with Crippen LogP contribution in [-0.4, -0.2) is 35.5 Å². The number of amides is 1. The fraction of sp³-hybridized carbons (Fsp3) is 0.421. The maximum Gasteiger partial charge on any atom is 0.289 e. The Bertz CT molecular complexity index is 912. The van der Waals surface area contributed by atoms with Crippen LogP contribution in [0.3, 0.4) is 0 Å². The lowest BCUT2D eigenvalue weighted by Gasteiger charge is -2.16. The van der Waals surface area contributed by atoms with Crippen LogP contribution >= 0.6 is 0 Å². The van der Waals surface area contributed by atoms with Gasteiger partial charge in [0.05, 0.1) is 0 Å². The molecule has 0 aliphatic carbocycles. The van der Waals surface area contributed by atoms with E-state index < -0.39 is 0 Å². The van der Waals surface area contributed by atoms with E-state index in [1.165, 1.54) is 0 Å². The van der Waals surface area contributed by atoms with Gasteiger partial charge in [0.15, 0.2) is 11.4 Å². The molecule has 25 heavy (non-hydrogen) atoms. The van der Waals surface area contributed by atoms with Crippen molar-refractivity contribution in [1.82, 2.24) is 15.3 Å². The van der Waals surface area contributed by atoms with Gasteiger partial charge in [-0.05, 0) is 31.4 Å². The quantitative estimate of drug-likeness (QED) is 0.721. The second-order valence-corrected chi connectivity index (χ2v) is 6.45. The number of para-hydroxylation sites is 1. The molecule has 4 rings (SSSR count). The smallest absolute Gasteiger partial charge is 0.289 e. The van der Waals surface area contributed by atoms with E-state index in [1.54, 1.807) is 0 Å². The van der Waals surface area contributed by atoms with Crippen molar-refractivity contribution in [1.29, 1.82) is 0 Å². The first-order valence-electron chi connectivity index (χ1n) is 9.00. The number of carbonyl (C=O) groups is 1. The van der Waals surface area contributed by atoms with E-state index in [9.17, 15) is 4.79 Å². The minimum Gasteiger partial charge on any atom is -0.450 e. The van der Waals surface area contributed by atoms with Crippen molar-refractivity contribution >= 4 is 33.8 Å². The fourth-order valence-corrected chi connectivity index (χ4v) is 3.28. The highest BCUT2D eigenvalue weighted by Crippen LogP contribution is 2.34. The van der Waals surface area contributed by atoms with Crippen molar-refractivity contribution in [3.8, 4) is 0 Å². The van der Waals surface area contributed by atoms with Crippen molar-refractivity contribution in [3.05, 3.63) is 30.1 Å². The van der Waals surface area contributed by atoms with Crippen LogP contribution in [0.1, 0.15) is 43.2 Å². The summed E-state index contributed by atoms with van der Waals surface area (Å²) in [4.78, 5) is 23.8. The molecule has 6 heteroatoms. The van der Waals surface area contributed by atoms with E-state index in [2.05, 4.69) is 27.1 Å². The van der Waals surface area contributed by atoms with Gasteiger partial charge in [0.25, 0.3) is 5.91 Å². The minimum absolute atomic E-state index is 0.219. The van der Waals surface area contributed by atoms with E-state index in [4.69, 9.17) is 4.42 Å². The average molecular weight is 338 g/mol. The maximum absolute atomic E-state index is 12.5. The number of hydrogen-bond acceptors (Lipinski definition) is 5. The van der Waals surface area contributed by atoms with Crippen LogP contribution < -0.4 is 10.2 Å². The number of hydrogen-bond donors (Lipinski definition) is 1. The summed E-state index contributed by atoms with van der Waals surface area (Å²) >= 11 is 0. The van der Waals surface area contributed by atoms with Crippen LogP contribution in [0.4, 0.5) is 5.82 Å². The molecule has 0 bridgehead atoms. The minimum atomic E-state index is -0.221. The Morgan fingerprint density at radius 1 is 1.24 bits per heavy atom. The monoisotopic (exact) mass is 338 g/mol. The standard InChI is InChI=1S/C19H22N4O2/c1-2-3-10-20-19(24)17-21-15-13-8-4-5-9-14(13)25-16(15)18(22-17)23-11-6-7-12-23/h4-5,8-9H,2-3,6-7,10-12H2,1H3,(H,20,24). The van der Waals surface area contributed by atoms with Crippen molar-refractivity contribution in [2.45, 2.75) is 32.6 Å². The molecule has 0 radical (unpaired) electrons. The van der Waals surface area contributed by atoms with Gasteiger partial charge in [-0.2, -0.15) is 0 Å². The van der Waals surface area contributed by atoms with E-state index in [0.717, 1.165) is 55.6 Å². The van der Waals surface area contributed by atoms with E-state index in [0.29, 0.717) is 17.6 Å². The number of nitrogens with zero attached hydrogens (tertiary/aromatic N) is 3. The molecule has 0 unspecified atom stereocenters. The first-order chi connectivity index (χ1) is 12.3. The second kappa shape index (κ2) is 6.70. The number of unbranched alkanes of at least 4 members (excludes halogenated alkanes) is 1. The Balaban J connectivity index is 1.83. The summed E-state index contributed by atoms with van der Waals surface area (Å²) in [5, 5.41) is 3.83. The molecule has 0 spiro atoms. The highest BCUT2D eigenvalue weighted by molar-refractivity contribution is 6.07. The lowest BCUT2D eigenvalue weighted by atomic mass is 10.2. The Morgan fingerprint density at radius 3 is 2.84 bits per heavy atom. The lowest BCUT2D eigenvalue weighted by Crippen LogP contribution is -2.28. The van der Waals surface area contributed by atoms with Gasteiger partial charge < -0.3 is 14.6 Å². The maximum atomic E-state index is 12.5. The summed E-state index contributed by atoms with van der Waals surface area (Å²) in [6, 6.07) is 7.79. The summed E-state index contributed by atoms with van der Waals surface area (Å²) < 4.78 is 6.03. The number of aromatic nitrogens is 2. The van der Waals surface area contributed by atoms with Gasteiger partial charge in [-0.15, -0.1) is 0 Å². The summed E-state index contributed by atoms with van der Waals surface area (Å²) in [5.41, 5.74) is 2.16. The number of anilines is 1. The molecule has 2 aromatic heterocycles. The summed E-state index contributed by atoms with van der Waals surface area (Å²) in [6.45, 7) is 4.60. The molecule has 3 aromatic rings. The van der Waals surface area contributed by atoms with E-state index >= 15 is 0 Å². The zero-order chi connectivity index (χ0) is 17.2. The molecule has 1 fully saturated rings. The number of carbonyl (C=O) groups excluding carboxylic acids is 1. The van der Waals surface area contributed by atoms with Gasteiger partial charge in [-0.1, -0.05) is 25.5 Å². The third-order valence-electron chi connectivity index (χ3n) is 4.63.